The zero-order chi connectivity index (χ0) is 14.0. The van der Waals surface area contributed by atoms with Crippen LogP contribution in [0.15, 0.2) is 18.2 Å². The summed E-state index contributed by atoms with van der Waals surface area (Å²) in [6.07, 6.45) is -2.67. The molecule has 0 atom stereocenters. The van der Waals surface area contributed by atoms with Crippen molar-refractivity contribution in [1.29, 1.82) is 0 Å². The molecule has 2 amide bonds. The summed E-state index contributed by atoms with van der Waals surface area (Å²) in [5, 5.41) is 5.02. The molecule has 104 valence electrons. The van der Waals surface area contributed by atoms with Gasteiger partial charge in [0.05, 0.1) is 5.56 Å². The fraction of sp³-hybridized carbons (Fsp3) is 0.417. The summed E-state index contributed by atoms with van der Waals surface area (Å²) in [5.41, 5.74) is 4.55. The topological polar surface area (TPSA) is 67.1 Å². The van der Waals surface area contributed by atoms with Gasteiger partial charge in [-0.1, -0.05) is 6.07 Å². The average molecular weight is 273 g/mol. The van der Waals surface area contributed by atoms with E-state index in [1.54, 1.807) is 0 Å². The number of hydrogen-bond donors (Lipinski definition) is 3. The van der Waals surface area contributed by atoms with Crippen molar-refractivity contribution >= 4 is 11.7 Å². The molecule has 0 spiro atoms. The Hall–Kier alpha value is -1.76. The minimum Gasteiger partial charge on any atom is -0.335 e. The van der Waals surface area contributed by atoms with Gasteiger partial charge in [-0.05, 0) is 30.5 Å². The lowest BCUT2D eigenvalue weighted by molar-refractivity contribution is -0.138. The van der Waals surface area contributed by atoms with E-state index >= 15 is 0 Å². The summed E-state index contributed by atoms with van der Waals surface area (Å²) in [4.78, 5) is 11.5. The van der Waals surface area contributed by atoms with Gasteiger partial charge in [0.15, 0.2) is 0 Å². The van der Waals surface area contributed by atoms with Crippen molar-refractivity contribution in [3.05, 3.63) is 29.3 Å². The van der Waals surface area contributed by atoms with Crippen molar-refractivity contribution in [3.63, 3.8) is 0 Å². The summed E-state index contributed by atoms with van der Waals surface area (Å²) in [7, 11) is 0. The van der Waals surface area contributed by atoms with Crippen LogP contribution in [-0.2, 0) is 12.7 Å². The second-order valence-electron chi connectivity index (χ2n) is 4.45. The lowest BCUT2D eigenvalue weighted by Gasteiger charge is -2.14. The highest BCUT2D eigenvalue weighted by molar-refractivity contribution is 5.89. The molecule has 0 aromatic heterocycles. The van der Waals surface area contributed by atoms with Gasteiger partial charge in [0.2, 0.25) is 0 Å². The summed E-state index contributed by atoms with van der Waals surface area (Å²) in [6.45, 7) is -0.205. The molecule has 1 aliphatic carbocycles. The maximum Gasteiger partial charge on any atom is 0.416 e. The Bertz CT molecular complexity index is 484. The SMILES string of the molecule is NCc1ccc(NC(=O)NC2CC2)cc1C(F)(F)F. The van der Waals surface area contributed by atoms with E-state index in [-0.39, 0.29) is 23.8 Å². The predicted octanol–water partition coefficient (Wildman–Crippen LogP) is 2.45. The number of nitrogens with one attached hydrogen (secondary N) is 2. The van der Waals surface area contributed by atoms with E-state index < -0.39 is 17.8 Å². The van der Waals surface area contributed by atoms with Crippen LogP contribution in [0.25, 0.3) is 0 Å². The quantitative estimate of drug-likeness (QED) is 0.792. The number of urea groups is 1. The van der Waals surface area contributed by atoms with E-state index in [2.05, 4.69) is 10.6 Å². The second kappa shape index (κ2) is 5.08. The molecule has 0 aliphatic heterocycles. The fourth-order valence-electron chi connectivity index (χ4n) is 1.68. The maximum absolute atomic E-state index is 12.8. The normalized spacial score (nSPS) is 15.2. The molecule has 2 rings (SSSR count). The molecule has 1 aromatic rings. The van der Waals surface area contributed by atoms with Gasteiger partial charge in [-0.25, -0.2) is 4.79 Å². The zero-order valence-electron chi connectivity index (χ0n) is 10.1. The third-order valence-corrected chi connectivity index (χ3v) is 2.81. The second-order valence-corrected chi connectivity index (χ2v) is 4.45. The van der Waals surface area contributed by atoms with Crippen molar-refractivity contribution in [3.8, 4) is 0 Å². The van der Waals surface area contributed by atoms with E-state index in [9.17, 15) is 18.0 Å². The Labute approximate surface area is 108 Å². The highest BCUT2D eigenvalue weighted by Crippen LogP contribution is 2.33. The Morgan fingerprint density at radius 2 is 2.05 bits per heavy atom. The van der Waals surface area contributed by atoms with Gasteiger partial charge in [-0.15, -0.1) is 0 Å². The van der Waals surface area contributed by atoms with Gasteiger partial charge < -0.3 is 16.4 Å². The predicted molar refractivity (Wildman–Crippen MR) is 64.5 cm³/mol. The first-order chi connectivity index (χ1) is 8.90. The molecule has 1 aromatic carbocycles. The zero-order valence-corrected chi connectivity index (χ0v) is 10.1. The number of nitrogens with two attached hydrogens (primary N) is 1. The summed E-state index contributed by atoms with van der Waals surface area (Å²) in [6, 6.07) is 3.23. The third kappa shape index (κ3) is 3.60. The van der Waals surface area contributed by atoms with Crippen molar-refractivity contribution in [2.24, 2.45) is 5.73 Å². The van der Waals surface area contributed by atoms with Crippen LogP contribution in [0, 0.1) is 0 Å². The third-order valence-electron chi connectivity index (χ3n) is 2.81. The number of carbonyl (C=O) groups excluding carboxylic acids is 1. The molecular formula is C12H14F3N3O. The first kappa shape index (κ1) is 13.7. The molecule has 7 heteroatoms. The maximum atomic E-state index is 12.8. The Balaban J connectivity index is 2.14. The van der Waals surface area contributed by atoms with Crippen LogP contribution < -0.4 is 16.4 Å². The summed E-state index contributed by atoms with van der Waals surface area (Å²) >= 11 is 0. The van der Waals surface area contributed by atoms with E-state index in [1.807, 2.05) is 0 Å². The van der Waals surface area contributed by atoms with Crippen molar-refractivity contribution in [2.75, 3.05) is 5.32 Å². The van der Waals surface area contributed by atoms with E-state index in [4.69, 9.17) is 5.73 Å². The van der Waals surface area contributed by atoms with Crippen LogP contribution in [0.3, 0.4) is 0 Å². The molecule has 0 unspecified atom stereocenters. The number of rotatable bonds is 3. The van der Waals surface area contributed by atoms with Crippen LogP contribution in [0.1, 0.15) is 24.0 Å². The molecule has 0 bridgehead atoms. The highest BCUT2D eigenvalue weighted by Gasteiger charge is 2.33. The van der Waals surface area contributed by atoms with Crippen LogP contribution in [0.5, 0.6) is 0 Å². The Morgan fingerprint density at radius 1 is 1.37 bits per heavy atom. The number of carbonyl (C=O) groups is 1. The monoisotopic (exact) mass is 273 g/mol. The minimum absolute atomic E-state index is 0.000603. The Morgan fingerprint density at radius 3 is 2.58 bits per heavy atom. The summed E-state index contributed by atoms with van der Waals surface area (Å²) in [5.74, 6) is 0. The molecule has 0 heterocycles. The standard InChI is InChI=1S/C12H14F3N3O/c13-12(14,15)10-5-9(2-1-7(10)6-16)18-11(19)17-8-3-4-8/h1-2,5,8H,3-4,6,16H2,(H2,17,18,19). The molecule has 4 nitrogen and oxygen atoms in total. The number of halogens is 3. The van der Waals surface area contributed by atoms with Gasteiger partial charge in [0, 0.05) is 18.3 Å². The molecule has 4 N–H and O–H groups in total. The highest BCUT2D eigenvalue weighted by atomic mass is 19.4. The van der Waals surface area contributed by atoms with Crippen LogP contribution >= 0.6 is 0 Å². The lowest BCUT2D eigenvalue weighted by Crippen LogP contribution is -2.30. The first-order valence-corrected chi connectivity index (χ1v) is 5.88. The molecule has 1 aliphatic rings. The molecule has 1 fully saturated rings. The fourth-order valence-corrected chi connectivity index (χ4v) is 1.68. The number of benzene rings is 1. The molecule has 0 saturated heterocycles. The molecule has 0 radical (unpaired) electrons. The minimum atomic E-state index is -4.49. The van der Waals surface area contributed by atoms with Gasteiger partial charge in [0.1, 0.15) is 0 Å². The van der Waals surface area contributed by atoms with Gasteiger partial charge in [-0.3, -0.25) is 0 Å². The van der Waals surface area contributed by atoms with Gasteiger partial charge in [-0.2, -0.15) is 13.2 Å². The van der Waals surface area contributed by atoms with Crippen molar-refractivity contribution < 1.29 is 18.0 Å². The summed E-state index contributed by atoms with van der Waals surface area (Å²) < 4.78 is 38.4. The Kier molecular flexibility index (Phi) is 3.66. The van der Waals surface area contributed by atoms with E-state index in [0.29, 0.717) is 0 Å². The van der Waals surface area contributed by atoms with Gasteiger partial charge >= 0.3 is 12.2 Å². The number of anilines is 1. The number of hydrogen-bond acceptors (Lipinski definition) is 2. The number of alkyl halides is 3. The van der Waals surface area contributed by atoms with Crippen molar-refractivity contribution in [1.82, 2.24) is 5.32 Å². The molecule has 19 heavy (non-hydrogen) atoms. The van der Waals surface area contributed by atoms with Gasteiger partial charge in [0.25, 0.3) is 0 Å². The van der Waals surface area contributed by atoms with E-state index in [0.717, 1.165) is 18.9 Å². The van der Waals surface area contributed by atoms with Crippen LogP contribution in [0.4, 0.5) is 23.7 Å². The van der Waals surface area contributed by atoms with Crippen LogP contribution in [-0.4, -0.2) is 12.1 Å². The molecular weight excluding hydrogens is 259 g/mol. The van der Waals surface area contributed by atoms with Crippen LogP contribution in [0.2, 0.25) is 0 Å². The first-order valence-electron chi connectivity index (χ1n) is 5.88. The van der Waals surface area contributed by atoms with E-state index in [1.165, 1.54) is 12.1 Å². The molecule has 1 saturated carbocycles. The largest absolute Gasteiger partial charge is 0.416 e. The number of amides is 2. The lowest BCUT2D eigenvalue weighted by atomic mass is 10.1. The van der Waals surface area contributed by atoms with Crippen molar-refractivity contribution in [2.45, 2.75) is 31.6 Å². The average Bonchev–Trinajstić information content (AvgIpc) is 3.11. The smallest absolute Gasteiger partial charge is 0.335 e.